The summed E-state index contributed by atoms with van der Waals surface area (Å²) in [6, 6.07) is 11.2. The van der Waals surface area contributed by atoms with Gasteiger partial charge in [-0.25, -0.2) is 0 Å². The van der Waals surface area contributed by atoms with Crippen molar-refractivity contribution in [1.29, 1.82) is 0 Å². The molecule has 2 aromatic rings. The van der Waals surface area contributed by atoms with Gasteiger partial charge in [-0.1, -0.05) is 11.6 Å². The van der Waals surface area contributed by atoms with E-state index in [0.717, 1.165) is 37.7 Å². The third-order valence-corrected chi connectivity index (χ3v) is 5.46. The van der Waals surface area contributed by atoms with E-state index in [0.29, 0.717) is 29.4 Å². The van der Waals surface area contributed by atoms with E-state index in [1.54, 1.807) is 12.1 Å². The molecule has 0 atom stereocenters. The molecule has 0 saturated carbocycles. The van der Waals surface area contributed by atoms with E-state index in [1.165, 1.54) is 27.0 Å². The lowest BCUT2D eigenvalue weighted by Crippen LogP contribution is -2.48. The molecule has 1 aliphatic rings. The first kappa shape index (κ1) is 22.1. The van der Waals surface area contributed by atoms with Crippen LogP contribution in [0.15, 0.2) is 36.4 Å². The Balaban J connectivity index is 1.49. The molecule has 8 heteroatoms. The summed E-state index contributed by atoms with van der Waals surface area (Å²) >= 11 is 5.97. The molecular weight excluding hydrogens is 406 g/mol. The fourth-order valence-corrected chi connectivity index (χ4v) is 3.65. The highest BCUT2D eigenvalue weighted by atomic mass is 35.5. The molecule has 1 amide bonds. The average Bonchev–Trinajstić information content (AvgIpc) is 2.79. The molecule has 1 fully saturated rings. The van der Waals surface area contributed by atoms with E-state index >= 15 is 0 Å². The molecule has 3 rings (SSSR count). The highest BCUT2D eigenvalue weighted by molar-refractivity contribution is 6.30. The van der Waals surface area contributed by atoms with E-state index < -0.39 is 0 Å². The van der Waals surface area contributed by atoms with Gasteiger partial charge in [-0.3, -0.25) is 9.69 Å². The van der Waals surface area contributed by atoms with E-state index in [1.807, 2.05) is 12.1 Å². The van der Waals surface area contributed by atoms with E-state index in [4.69, 9.17) is 25.8 Å². The Labute approximate surface area is 182 Å². The number of hydrogen-bond acceptors (Lipinski definition) is 6. The maximum Gasteiger partial charge on any atom is 0.251 e. The molecule has 0 aliphatic carbocycles. The number of halogens is 1. The molecule has 1 saturated heterocycles. The van der Waals surface area contributed by atoms with Gasteiger partial charge < -0.3 is 24.4 Å². The van der Waals surface area contributed by atoms with E-state index in [9.17, 15) is 4.79 Å². The number of ether oxygens (including phenoxy) is 3. The summed E-state index contributed by atoms with van der Waals surface area (Å²) in [5.74, 6) is 1.21. The zero-order valence-corrected chi connectivity index (χ0v) is 18.4. The maximum absolute atomic E-state index is 12.6. The summed E-state index contributed by atoms with van der Waals surface area (Å²) in [6.07, 6.45) is 0. The number of hydrogen-bond donors (Lipinski definition) is 1. The standard InChI is InChI=1S/C22H28ClN3O4/c1-28-19-14-16(15-20(29-2)21(19)30-3)22(27)24-8-9-25-10-12-26(13-11-25)18-6-4-17(23)5-7-18/h4-7,14-15H,8-13H2,1-3H3,(H,24,27). The van der Waals surface area contributed by atoms with Crippen molar-refractivity contribution in [2.75, 3.05) is 65.5 Å². The Hall–Kier alpha value is -2.64. The Morgan fingerprint density at radius 1 is 0.967 bits per heavy atom. The zero-order chi connectivity index (χ0) is 21.5. The van der Waals surface area contributed by atoms with Gasteiger partial charge in [0.15, 0.2) is 11.5 Å². The lowest BCUT2D eigenvalue weighted by molar-refractivity contribution is 0.0947. The van der Waals surface area contributed by atoms with Crippen LogP contribution in [0.2, 0.25) is 5.02 Å². The van der Waals surface area contributed by atoms with Crippen LogP contribution in [0.5, 0.6) is 17.2 Å². The van der Waals surface area contributed by atoms with Crippen LogP contribution in [0.25, 0.3) is 0 Å². The fourth-order valence-electron chi connectivity index (χ4n) is 3.52. The molecule has 162 valence electrons. The number of carbonyl (C=O) groups is 1. The molecule has 2 aromatic carbocycles. The van der Waals surface area contributed by atoms with Gasteiger partial charge in [-0.2, -0.15) is 0 Å². The minimum atomic E-state index is -0.172. The number of anilines is 1. The molecule has 0 radical (unpaired) electrons. The number of piperazine rings is 1. The van der Waals surface area contributed by atoms with Crippen LogP contribution in [0.4, 0.5) is 5.69 Å². The highest BCUT2D eigenvalue weighted by Crippen LogP contribution is 2.38. The van der Waals surface area contributed by atoms with Crippen molar-refractivity contribution < 1.29 is 19.0 Å². The average molecular weight is 434 g/mol. The second-order valence-electron chi connectivity index (χ2n) is 6.98. The van der Waals surface area contributed by atoms with Crippen LogP contribution in [0.3, 0.4) is 0 Å². The van der Waals surface area contributed by atoms with Crippen LogP contribution in [-0.4, -0.2) is 71.4 Å². The molecule has 30 heavy (non-hydrogen) atoms. The van der Waals surface area contributed by atoms with Crippen molar-refractivity contribution in [1.82, 2.24) is 10.2 Å². The Morgan fingerprint density at radius 3 is 2.10 bits per heavy atom. The summed E-state index contributed by atoms with van der Waals surface area (Å²) in [5, 5.41) is 3.72. The number of nitrogens with one attached hydrogen (secondary N) is 1. The van der Waals surface area contributed by atoms with Crippen LogP contribution < -0.4 is 24.4 Å². The first-order valence-electron chi connectivity index (χ1n) is 9.86. The largest absolute Gasteiger partial charge is 0.493 e. The van der Waals surface area contributed by atoms with Gasteiger partial charge in [0.25, 0.3) is 5.91 Å². The molecule has 0 unspecified atom stereocenters. The second-order valence-corrected chi connectivity index (χ2v) is 7.41. The van der Waals surface area contributed by atoms with Gasteiger partial charge in [0.1, 0.15) is 0 Å². The van der Waals surface area contributed by atoms with Crippen molar-refractivity contribution >= 4 is 23.2 Å². The minimum absolute atomic E-state index is 0.172. The van der Waals surface area contributed by atoms with Crippen LogP contribution in [-0.2, 0) is 0 Å². The lowest BCUT2D eigenvalue weighted by atomic mass is 10.1. The predicted molar refractivity (Wildman–Crippen MR) is 119 cm³/mol. The summed E-state index contributed by atoms with van der Waals surface area (Å²) in [5.41, 5.74) is 1.66. The molecule has 1 N–H and O–H groups in total. The number of amides is 1. The second kappa shape index (κ2) is 10.4. The van der Waals surface area contributed by atoms with Gasteiger partial charge in [-0.05, 0) is 36.4 Å². The number of rotatable bonds is 8. The molecule has 0 aromatic heterocycles. The SMILES string of the molecule is COc1cc(C(=O)NCCN2CCN(c3ccc(Cl)cc3)CC2)cc(OC)c1OC. The van der Waals surface area contributed by atoms with Gasteiger partial charge in [0, 0.05) is 55.5 Å². The lowest BCUT2D eigenvalue weighted by Gasteiger charge is -2.36. The van der Waals surface area contributed by atoms with Gasteiger partial charge in [-0.15, -0.1) is 0 Å². The van der Waals surface area contributed by atoms with Crippen molar-refractivity contribution in [3.8, 4) is 17.2 Å². The van der Waals surface area contributed by atoms with Crippen molar-refractivity contribution in [3.05, 3.63) is 47.0 Å². The van der Waals surface area contributed by atoms with Gasteiger partial charge in [0.2, 0.25) is 5.75 Å². The number of nitrogens with zero attached hydrogens (tertiary/aromatic N) is 2. The van der Waals surface area contributed by atoms with E-state index in [2.05, 4.69) is 27.2 Å². The third-order valence-electron chi connectivity index (χ3n) is 5.20. The smallest absolute Gasteiger partial charge is 0.251 e. The fraction of sp³-hybridized carbons (Fsp3) is 0.409. The maximum atomic E-state index is 12.6. The van der Waals surface area contributed by atoms with Gasteiger partial charge >= 0.3 is 0 Å². The van der Waals surface area contributed by atoms with E-state index in [-0.39, 0.29) is 5.91 Å². The summed E-state index contributed by atoms with van der Waals surface area (Å²) in [4.78, 5) is 17.3. The predicted octanol–water partition coefficient (Wildman–Crippen LogP) is 2.92. The topological polar surface area (TPSA) is 63.3 Å². The van der Waals surface area contributed by atoms with Crippen LogP contribution in [0.1, 0.15) is 10.4 Å². The zero-order valence-electron chi connectivity index (χ0n) is 17.6. The van der Waals surface area contributed by atoms with Crippen LogP contribution >= 0.6 is 11.6 Å². The molecule has 1 aliphatic heterocycles. The van der Waals surface area contributed by atoms with Gasteiger partial charge in [0.05, 0.1) is 21.3 Å². The molecule has 0 bridgehead atoms. The normalized spacial score (nSPS) is 14.3. The van der Waals surface area contributed by atoms with Crippen molar-refractivity contribution in [2.24, 2.45) is 0 Å². The third kappa shape index (κ3) is 5.29. The summed E-state index contributed by atoms with van der Waals surface area (Å²) in [6.45, 7) is 5.15. The number of methoxy groups -OCH3 is 3. The Kier molecular flexibility index (Phi) is 7.65. The molecule has 7 nitrogen and oxygen atoms in total. The Bertz CT molecular complexity index is 827. The number of carbonyl (C=O) groups excluding carboxylic acids is 1. The minimum Gasteiger partial charge on any atom is -0.493 e. The monoisotopic (exact) mass is 433 g/mol. The number of benzene rings is 2. The van der Waals surface area contributed by atoms with Crippen molar-refractivity contribution in [2.45, 2.75) is 0 Å². The van der Waals surface area contributed by atoms with Crippen molar-refractivity contribution in [3.63, 3.8) is 0 Å². The molecular formula is C22H28ClN3O4. The summed E-state index contributed by atoms with van der Waals surface area (Å²) in [7, 11) is 4.60. The summed E-state index contributed by atoms with van der Waals surface area (Å²) < 4.78 is 15.9. The quantitative estimate of drug-likeness (QED) is 0.690. The Morgan fingerprint density at radius 2 is 1.57 bits per heavy atom. The first-order valence-corrected chi connectivity index (χ1v) is 10.2. The highest BCUT2D eigenvalue weighted by Gasteiger charge is 2.19. The first-order chi connectivity index (χ1) is 14.5. The molecule has 0 spiro atoms. The molecule has 1 heterocycles. The van der Waals surface area contributed by atoms with Crippen LogP contribution in [0, 0.1) is 0 Å².